The van der Waals surface area contributed by atoms with Gasteiger partial charge in [0.1, 0.15) is 26.9 Å². The molecule has 0 aliphatic carbocycles. The fourth-order valence-corrected chi connectivity index (χ4v) is 5.63. The van der Waals surface area contributed by atoms with Gasteiger partial charge in [0.25, 0.3) is 11.8 Å². The Morgan fingerprint density at radius 3 is 2.70 bits per heavy atom. The second-order valence-corrected chi connectivity index (χ2v) is 10.1. The molecule has 5 N–H and O–H groups in total. The van der Waals surface area contributed by atoms with Gasteiger partial charge in [-0.1, -0.05) is 51.5 Å². The molecular formula is C18H14Cl2N6O5S2. The third kappa shape index (κ3) is 4.36. The molecule has 0 saturated carbocycles. The number of allylic oxidation sites excluding steroid dienone is 1. The van der Waals surface area contributed by atoms with Gasteiger partial charge in [-0.25, -0.2) is 14.8 Å². The molecule has 4 rings (SSSR count). The van der Waals surface area contributed by atoms with Gasteiger partial charge in [-0.2, -0.15) is 0 Å². The molecule has 2 aromatic heterocycles. The Morgan fingerprint density at radius 2 is 2.12 bits per heavy atom. The first-order valence-corrected chi connectivity index (χ1v) is 11.6. The van der Waals surface area contributed by atoms with Crippen LogP contribution in [0.15, 0.2) is 39.0 Å². The number of pyridine rings is 1. The molecule has 172 valence electrons. The van der Waals surface area contributed by atoms with E-state index in [-0.39, 0.29) is 20.9 Å². The van der Waals surface area contributed by atoms with E-state index >= 15 is 0 Å². The van der Waals surface area contributed by atoms with Gasteiger partial charge < -0.3 is 21.4 Å². The van der Waals surface area contributed by atoms with Gasteiger partial charge in [0.15, 0.2) is 10.8 Å². The molecule has 0 radical (unpaired) electrons. The number of aliphatic carboxylic acids is 1. The molecule has 0 aromatic carbocycles. The average molecular weight is 529 g/mol. The van der Waals surface area contributed by atoms with Crippen molar-refractivity contribution in [3.8, 4) is 0 Å². The first kappa shape index (κ1) is 23.3. The minimum atomic E-state index is -1.26. The van der Waals surface area contributed by atoms with Crippen LogP contribution < -0.4 is 11.1 Å². The summed E-state index contributed by atoms with van der Waals surface area (Å²) in [6.45, 7) is 0. The Bertz CT molecular complexity index is 1220. The van der Waals surface area contributed by atoms with E-state index in [1.54, 1.807) is 12.1 Å². The number of thiazole rings is 1. The Balaban J connectivity index is 1.53. The number of nitrogen functional groups attached to an aromatic ring is 1. The SMILES string of the molecule is Nc1nc(/C(=N/O)C(=O)N[C@@H]2C(=O)N3C(C(=O)O)=C(Sc4ccc(Cl)nc4)CC[C@H]23)c(Cl)s1. The first-order valence-electron chi connectivity index (χ1n) is 9.25. The number of rotatable bonds is 6. The smallest absolute Gasteiger partial charge is 0.353 e. The Morgan fingerprint density at radius 1 is 1.36 bits per heavy atom. The van der Waals surface area contributed by atoms with E-state index in [9.17, 15) is 24.7 Å². The van der Waals surface area contributed by atoms with Crippen LogP contribution in [0.25, 0.3) is 0 Å². The quantitative estimate of drug-likeness (QED) is 0.144. The van der Waals surface area contributed by atoms with Crippen LogP contribution in [-0.4, -0.2) is 60.8 Å². The number of carbonyl (C=O) groups is 3. The molecule has 4 heterocycles. The van der Waals surface area contributed by atoms with Gasteiger partial charge in [0, 0.05) is 16.0 Å². The second kappa shape index (κ2) is 9.17. The van der Waals surface area contributed by atoms with E-state index in [0.717, 1.165) is 16.2 Å². The summed E-state index contributed by atoms with van der Waals surface area (Å²) < 4.78 is 0.0455. The van der Waals surface area contributed by atoms with E-state index in [1.807, 2.05) is 0 Å². The lowest BCUT2D eigenvalue weighted by Gasteiger charge is -2.50. The van der Waals surface area contributed by atoms with E-state index < -0.39 is 35.6 Å². The van der Waals surface area contributed by atoms with E-state index in [0.29, 0.717) is 27.8 Å². The molecule has 11 nitrogen and oxygen atoms in total. The maximum atomic E-state index is 12.8. The number of oxime groups is 1. The highest BCUT2D eigenvalue weighted by atomic mass is 35.5. The van der Waals surface area contributed by atoms with Crippen LogP contribution >= 0.6 is 46.3 Å². The number of carbonyl (C=O) groups excluding carboxylic acids is 2. The average Bonchev–Trinajstić information content (AvgIpc) is 3.11. The lowest BCUT2D eigenvalue weighted by molar-refractivity contribution is -0.155. The maximum Gasteiger partial charge on any atom is 0.353 e. The van der Waals surface area contributed by atoms with Crippen molar-refractivity contribution in [2.24, 2.45) is 5.16 Å². The number of hydrogen-bond acceptors (Lipinski definition) is 10. The zero-order valence-corrected chi connectivity index (χ0v) is 19.5. The van der Waals surface area contributed by atoms with Crippen LogP contribution in [0.4, 0.5) is 5.13 Å². The lowest BCUT2D eigenvalue weighted by Crippen LogP contribution is -2.72. The summed E-state index contributed by atoms with van der Waals surface area (Å²) in [7, 11) is 0. The van der Waals surface area contributed by atoms with Gasteiger partial charge in [0.2, 0.25) is 0 Å². The van der Waals surface area contributed by atoms with E-state index in [1.165, 1.54) is 18.0 Å². The summed E-state index contributed by atoms with van der Waals surface area (Å²) >= 11 is 13.8. The molecular weight excluding hydrogens is 515 g/mol. The maximum absolute atomic E-state index is 12.8. The number of aromatic nitrogens is 2. The summed E-state index contributed by atoms with van der Waals surface area (Å²) in [6, 6.07) is 1.71. The third-order valence-electron chi connectivity index (χ3n) is 4.96. The number of fused-ring (bicyclic) bond motifs is 1. The summed E-state index contributed by atoms with van der Waals surface area (Å²) in [5, 5.41) is 24.9. The summed E-state index contributed by atoms with van der Waals surface area (Å²) in [5.74, 6) is -2.75. The van der Waals surface area contributed by atoms with Crippen molar-refractivity contribution in [3.63, 3.8) is 0 Å². The molecule has 33 heavy (non-hydrogen) atoms. The molecule has 0 unspecified atom stereocenters. The molecule has 0 bridgehead atoms. The fraction of sp³-hybridized carbons (Fsp3) is 0.222. The highest BCUT2D eigenvalue weighted by Gasteiger charge is 2.53. The van der Waals surface area contributed by atoms with Gasteiger partial charge in [-0.05, 0) is 25.0 Å². The van der Waals surface area contributed by atoms with Crippen LogP contribution in [0.5, 0.6) is 0 Å². The van der Waals surface area contributed by atoms with Crippen LogP contribution in [0.1, 0.15) is 18.5 Å². The predicted octanol–water partition coefficient (Wildman–Crippen LogP) is 2.18. The van der Waals surface area contributed by atoms with E-state index in [2.05, 4.69) is 20.4 Å². The molecule has 2 aliphatic heterocycles. The molecule has 1 saturated heterocycles. The molecule has 2 aliphatic rings. The Hall–Kier alpha value is -2.87. The second-order valence-electron chi connectivity index (χ2n) is 6.88. The highest BCUT2D eigenvalue weighted by molar-refractivity contribution is 8.03. The number of nitrogens with two attached hydrogens (primary N) is 1. The zero-order chi connectivity index (χ0) is 23.9. The Labute approximate surface area is 204 Å². The van der Waals surface area contributed by atoms with Crippen molar-refractivity contribution >= 4 is 74.9 Å². The number of nitrogens with one attached hydrogen (secondary N) is 1. The van der Waals surface area contributed by atoms with Crippen molar-refractivity contribution in [1.29, 1.82) is 0 Å². The van der Waals surface area contributed by atoms with Crippen molar-refractivity contribution in [1.82, 2.24) is 20.2 Å². The van der Waals surface area contributed by atoms with Gasteiger partial charge >= 0.3 is 5.97 Å². The van der Waals surface area contributed by atoms with Crippen molar-refractivity contribution < 1.29 is 24.7 Å². The number of amides is 2. The third-order valence-corrected chi connectivity index (χ3v) is 7.39. The number of nitrogens with zero attached hydrogens (tertiary/aromatic N) is 4. The summed E-state index contributed by atoms with van der Waals surface area (Å²) in [5.41, 5.74) is 4.79. The van der Waals surface area contributed by atoms with Crippen LogP contribution in [0, 0.1) is 0 Å². The van der Waals surface area contributed by atoms with Gasteiger partial charge in [-0.15, -0.1) is 0 Å². The number of thioether (sulfide) groups is 1. The van der Waals surface area contributed by atoms with E-state index in [4.69, 9.17) is 28.9 Å². The number of carboxylic acid groups (broad SMARTS) is 1. The fourth-order valence-electron chi connectivity index (χ4n) is 3.57. The largest absolute Gasteiger partial charge is 0.477 e. The zero-order valence-electron chi connectivity index (χ0n) is 16.4. The molecule has 2 atom stereocenters. The number of halogens is 2. The Kier molecular flexibility index (Phi) is 6.47. The number of hydrogen-bond donors (Lipinski definition) is 4. The topological polar surface area (TPSA) is 171 Å². The number of β-lactam (4-membered cyclic amide) rings is 1. The van der Waals surface area contributed by atoms with Crippen molar-refractivity contribution in [3.05, 3.63) is 44.1 Å². The van der Waals surface area contributed by atoms with Crippen molar-refractivity contribution in [2.75, 3.05) is 5.73 Å². The normalized spacial score (nSPS) is 20.4. The lowest BCUT2D eigenvalue weighted by atomic mass is 9.86. The van der Waals surface area contributed by atoms with Crippen LogP contribution in [-0.2, 0) is 14.4 Å². The predicted molar refractivity (Wildman–Crippen MR) is 121 cm³/mol. The molecule has 0 spiro atoms. The molecule has 15 heteroatoms. The van der Waals surface area contributed by atoms with Crippen molar-refractivity contribution in [2.45, 2.75) is 29.8 Å². The minimum Gasteiger partial charge on any atom is -0.477 e. The number of anilines is 1. The first-order chi connectivity index (χ1) is 15.7. The summed E-state index contributed by atoms with van der Waals surface area (Å²) in [4.78, 5) is 47.6. The van der Waals surface area contributed by atoms with Gasteiger partial charge in [-0.3, -0.25) is 14.5 Å². The van der Waals surface area contributed by atoms with Crippen LogP contribution in [0.3, 0.4) is 0 Å². The number of carboxylic acids is 1. The monoisotopic (exact) mass is 528 g/mol. The highest BCUT2D eigenvalue weighted by Crippen LogP contribution is 2.43. The summed E-state index contributed by atoms with van der Waals surface area (Å²) in [6.07, 6.45) is 2.29. The molecule has 1 fully saturated rings. The van der Waals surface area contributed by atoms with Crippen LogP contribution in [0.2, 0.25) is 9.49 Å². The van der Waals surface area contributed by atoms with Gasteiger partial charge in [0.05, 0.1) is 6.04 Å². The molecule has 2 aromatic rings. The standard InChI is InChI=1S/C18H14Cl2N6O5S2/c19-9-4-1-6(5-22-9)32-8-3-2-7-10(16(28)26(7)13(8)17(29)30)23-15(27)12(25-31)11-14(20)33-18(21)24-11/h1,4-5,7,10,31H,2-3H2,(H2,21,24)(H,23,27)(H,29,30)/b25-12-/t7-,10+/m1/s1. The molecule has 2 amide bonds. The minimum absolute atomic E-state index is 0.0455.